The summed E-state index contributed by atoms with van der Waals surface area (Å²) in [6, 6.07) is 0. The van der Waals surface area contributed by atoms with Gasteiger partial charge >= 0.3 is 269 Å². The Bertz CT molecular complexity index is 83.6. The van der Waals surface area contributed by atoms with Gasteiger partial charge in [-0.2, -0.15) is 0 Å². The molecule has 0 aliphatic carbocycles. The molecule has 0 bridgehead atoms. The van der Waals surface area contributed by atoms with Crippen molar-refractivity contribution in [1.29, 1.82) is 0 Å². The van der Waals surface area contributed by atoms with Crippen molar-refractivity contribution in [2.75, 3.05) is 0 Å². The molecule has 0 heterocycles. The SMILES string of the molecule is [Ag+].[Ag+].[Ag+].[Ag+].[Ag+].[Ag+].[Ag+].[Ag+].[Ag+].[Ag+].[Ag+].[Ag+].[O-]B([O-])[O-].[O-]B([O-])[O-].[O-]B([O-])[O-].[O-]B([O-])[O-]. The molecule has 0 aromatic heterocycles. The first kappa shape index (κ1) is 109. The molecule has 0 amide bonds. The number of hydrogen-bond acceptors (Lipinski definition) is 12. The Morgan fingerprint density at radius 2 is 0.179 bits per heavy atom. The number of hydrogen-bond donors (Lipinski definition) is 0. The van der Waals surface area contributed by atoms with E-state index in [-0.39, 0.29) is 269 Å². The Morgan fingerprint density at radius 3 is 0.179 bits per heavy atom. The number of rotatable bonds is 0. The van der Waals surface area contributed by atoms with Gasteiger partial charge in [0.2, 0.25) is 0 Å². The Balaban J connectivity index is -0.00000000429. The summed E-state index contributed by atoms with van der Waals surface area (Å²) in [7, 11) is -11.7. The Morgan fingerprint density at radius 1 is 0.179 bits per heavy atom. The zero-order valence-corrected chi connectivity index (χ0v) is 28.6. The van der Waals surface area contributed by atoms with Crippen LogP contribution in [-0.4, -0.2) is 29.3 Å². The van der Waals surface area contributed by atoms with Crippen LogP contribution < -0.4 is 60.3 Å². The third-order valence-electron chi connectivity index (χ3n) is 0. The van der Waals surface area contributed by atoms with E-state index < -0.39 is 29.3 Å². The second-order valence-corrected chi connectivity index (χ2v) is 1.15. The maximum atomic E-state index is 8.42. The van der Waals surface area contributed by atoms with E-state index in [1.54, 1.807) is 0 Å². The van der Waals surface area contributed by atoms with Gasteiger partial charge in [-0.05, 0) is 0 Å². The largest absolute Gasteiger partial charge is 1.00 e. The van der Waals surface area contributed by atoms with Gasteiger partial charge in [-0.15, -0.1) is 0 Å². The van der Waals surface area contributed by atoms with Gasteiger partial charge < -0.3 is 60.3 Å². The van der Waals surface area contributed by atoms with Crippen LogP contribution in [0.15, 0.2) is 0 Å². The molecule has 0 N–H and O–H groups in total. The summed E-state index contributed by atoms with van der Waals surface area (Å²) in [6.07, 6.45) is 0. The van der Waals surface area contributed by atoms with Gasteiger partial charge in [0.05, 0.1) is 0 Å². The van der Waals surface area contributed by atoms with E-state index in [4.69, 9.17) is 60.3 Å². The quantitative estimate of drug-likeness (QED) is 0.205. The van der Waals surface area contributed by atoms with Crippen LogP contribution in [0.1, 0.15) is 0 Å². The summed E-state index contributed by atoms with van der Waals surface area (Å²) in [4.78, 5) is 0. The smallest absolute Gasteiger partial charge is 0.907 e. The summed E-state index contributed by atoms with van der Waals surface area (Å²) in [5, 5.41) is 101. The molecule has 0 saturated heterocycles. The summed E-state index contributed by atoms with van der Waals surface area (Å²) in [5.41, 5.74) is 0. The van der Waals surface area contributed by atoms with Crippen molar-refractivity contribution in [2.45, 2.75) is 0 Å². The van der Waals surface area contributed by atoms with Crippen LogP contribution in [0, 0.1) is 0 Å². The van der Waals surface area contributed by atoms with Crippen LogP contribution in [0.3, 0.4) is 0 Å². The van der Waals surface area contributed by atoms with Crippen LogP contribution in [0.2, 0.25) is 0 Å². The van der Waals surface area contributed by atoms with Crippen LogP contribution in [0.25, 0.3) is 0 Å². The summed E-state index contributed by atoms with van der Waals surface area (Å²) in [5.74, 6) is 0. The fraction of sp³-hybridized carbons (Fsp3) is 0. The third-order valence-corrected chi connectivity index (χ3v) is 0. The fourth-order valence-corrected chi connectivity index (χ4v) is 0. The van der Waals surface area contributed by atoms with Gasteiger partial charge in [-0.1, -0.05) is 0 Å². The molecule has 0 unspecified atom stereocenters. The van der Waals surface area contributed by atoms with Gasteiger partial charge in [0, 0.05) is 0 Å². The van der Waals surface area contributed by atoms with E-state index in [0.29, 0.717) is 0 Å². The second-order valence-electron chi connectivity index (χ2n) is 1.15. The van der Waals surface area contributed by atoms with Crippen molar-refractivity contribution in [3.8, 4) is 0 Å². The zero-order chi connectivity index (χ0) is 14.3. The van der Waals surface area contributed by atoms with Crippen molar-refractivity contribution < 1.29 is 329 Å². The normalized spacial score (nSPS) is 3.86. The van der Waals surface area contributed by atoms with Crippen molar-refractivity contribution in [3.63, 3.8) is 0 Å². The maximum absolute atomic E-state index is 8.42. The summed E-state index contributed by atoms with van der Waals surface area (Å²) in [6.45, 7) is 0. The minimum absolute atomic E-state index is 0. The van der Waals surface area contributed by atoms with Crippen LogP contribution in [-0.2, 0) is 269 Å². The molecule has 0 aliphatic rings. The molecule has 28 heavy (non-hydrogen) atoms. The molecule has 12 nitrogen and oxygen atoms in total. The van der Waals surface area contributed by atoms with Gasteiger partial charge in [0.25, 0.3) is 0 Å². The molecule has 0 spiro atoms. The van der Waals surface area contributed by atoms with Gasteiger partial charge in [0.1, 0.15) is 0 Å². The fourth-order valence-electron chi connectivity index (χ4n) is 0. The molecule has 0 fully saturated rings. The van der Waals surface area contributed by atoms with Gasteiger partial charge in [0.15, 0.2) is 0 Å². The predicted molar refractivity (Wildman–Crippen MR) is 23.0 cm³/mol. The molecular weight excluding hydrogens is 1530 g/mol. The van der Waals surface area contributed by atoms with Crippen molar-refractivity contribution in [2.24, 2.45) is 0 Å². The van der Waals surface area contributed by atoms with E-state index in [0.717, 1.165) is 0 Å². The molecule has 0 rings (SSSR count). The van der Waals surface area contributed by atoms with E-state index in [1.165, 1.54) is 0 Å². The van der Waals surface area contributed by atoms with Crippen molar-refractivity contribution >= 4 is 29.3 Å². The molecular formula is Ag12B4O12. The van der Waals surface area contributed by atoms with Crippen molar-refractivity contribution in [3.05, 3.63) is 0 Å². The van der Waals surface area contributed by atoms with Crippen molar-refractivity contribution in [1.82, 2.24) is 0 Å². The Labute approximate surface area is 350 Å². The first-order valence-electron chi connectivity index (χ1n) is 2.83. The first-order chi connectivity index (χ1) is 6.93. The molecule has 28 heteroatoms. The molecule has 0 aromatic rings. The molecule has 0 aromatic carbocycles. The average molecular weight is 1530 g/mol. The predicted octanol–water partition coefficient (Wildman–Crippen LogP) is -15.8. The minimum atomic E-state index is -2.92. The Kier molecular flexibility index (Phi) is 391. The average Bonchev–Trinajstić information content (AvgIpc) is 1.76. The Hall–Kier alpha value is 8.66. The summed E-state index contributed by atoms with van der Waals surface area (Å²) < 4.78 is 0. The molecule has 216 valence electrons. The zero-order valence-electron chi connectivity index (χ0n) is 10.8. The maximum Gasteiger partial charge on any atom is 1.00 e. The van der Waals surface area contributed by atoms with Crippen LogP contribution in [0.4, 0.5) is 0 Å². The topological polar surface area (TPSA) is 277 Å². The third kappa shape index (κ3) is 523. The van der Waals surface area contributed by atoms with E-state index >= 15 is 0 Å². The molecule has 0 radical (unpaired) electrons. The van der Waals surface area contributed by atoms with Crippen LogP contribution in [0.5, 0.6) is 0 Å². The van der Waals surface area contributed by atoms with Gasteiger partial charge in [-0.25, -0.2) is 0 Å². The molecule has 0 saturated carbocycles. The first-order valence-corrected chi connectivity index (χ1v) is 2.83. The van der Waals surface area contributed by atoms with E-state index in [2.05, 4.69) is 0 Å². The second kappa shape index (κ2) is 100. The summed E-state index contributed by atoms with van der Waals surface area (Å²) >= 11 is 0. The van der Waals surface area contributed by atoms with Gasteiger partial charge in [-0.3, -0.25) is 29.3 Å². The van der Waals surface area contributed by atoms with E-state index in [1.807, 2.05) is 0 Å². The standard InChI is InChI=1S/12Ag.4BO3/c;;;;;;;;;;;;4*2-1(3)4/q12*+1;4*-3. The minimum Gasteiger partial charge on any atom is -0.907 e. The molecule has 0 atom stereocenters. The monoisotopic (exact) mass is 1520 g/mol. The molecule has 0 aliphatic heterocycles. The van der Waals surface area contributed by atoms with Crippen LogP contribution >= 0.6 is 0 Å². The van der Waals surface area contributed by atoms with E-state index in [9.17, 15) is 0 Å².